The van der Waals surface area contributed by atoms with Gasteiger partial charge in [0.15, 0.2) is 11.5 Å². The van der Waals surface area contributed by atoms with Gasteiger partial charge >= 0.3 is 0 Å². The van der Waals surface area contributed by atoms with E-state index < -0.39 is 0 Å². The van der Waals surface area contributed by atoms with Crippen LogP contribution in [0, 0.1) is 0 Å². The standard InChI is InChI=1S/C18H19Br2NO2/c1-3-9-23-18-16(20)10-13(11-17(18)22-4-2)12-21-15-7-5-14(19)6-8-15/h3,5-8,10-11,21H,1,4,9,12H2,2H3. The Hall–Kier alpha value is -1.46. The molecule has 2 rings (SSSR count). The van der Waals surface area contributed by atoms with Crippen LogP contribution in [0.5, 0.6) is 11.5 Å². The van der Waals surface area contributed by atoms with Crippen LogP contribution in [-0.2, 0) is 6.54 Å². The molecule has 1 N–H and O–H groups in total. The minimum Gasteiger partial charge on any atom is -0.490 e. The first-order chi connectivity index (χ1) is 11.1. The third-order valence-corrected chi connectivity index (χ3v) is 4.17. The molecule has 0 saturated heterocycles. The molecule has 0 aromatic heterocycles. The molecule has 0 aliphatic heterocycles. The molecule has 0 radical (unpaired) electrons. The predicted molar refractivity (Wildman–Crippen MR) is 102 cm³/mol. The van der Waals surface area contributed by atoms with Gasteiger partial charge in [0.2, 0.25) is 0 Å². The number of anilines is 1. The fraction of sp³-hybridized carbons (Fsp3) is 0.222. The minimum atomic E-state index is 0.440. The van der Waals surface area contributed by atoms with E-state index in [1.807, 2.05) is 43.3 Å². The normalized spacial score (nSPS) is 10.2. The van der Waals surface area contributed by atoms with Crippen LogP contribution in [0.3, 0.4) is 0 Å². The van der Waals surface area contributed by atoms with Crippen LogP contribution in [0.1, 0.15) is 12.5 Å². The van der Waals surface area contributed by atoms with Gasteiger partial charge in [-0.05, 0) is 64.8 Å². The zero-order valence-electron chi connectivity index (χ0n) is 12.9. The van der Waals surface area contributed by atoms with E-state index in [-0.39, 0.29) is 0 Å². The number of hydrogen-bond donors (Lipinski definition) is 1. The van der Waals surface area contributed by atoms with Gasteiger partial charge in [0.25, 0.3) is 0 Å². The average Bonchev–Trinajstić information content (AvgIpc) is 2.54. The summed E-state index contributed by atoms with van der Waals surface area (Å²) in [6.07, 6.45) is 1.71. The highest BCUT2D eigenvalue weighted by Gasteiger charge is 2.12. The highest BCUT2D eigenvalue weighted by molar-refractivity contribution is 9.10. The van der Waals surface area contributed by atoms with Crippen molar-refractivity contribution in [3.63, 3.8) is 0 Å². The summed E-state index contributed by atoms with van der Waals surface area (Å²) >= 11 is 7.00. The van der Waals surface area contributed by atoms with Gasteiger partial charge in [0.05, 0.1) is 11.1 Å². The SMILES string of the molecule is C=CCOc1c(Br)cc(CNc2ccc(Br)cc2)cc1OCC. The van der Waals surface area contributed by atoms with Crippen molar-refractivity contribution in [2.45, 2.75) is 13.5 Å². The second-order valence-corrected chi connectivity index (χ2v) is 6.57. The number of rotatable bonds is 8. The fourth-order valence-corrected chi connectivity index (χ4v) is 2.91. The number of hydrogen-bond acceptors (Lipinski definition) is 3. The van der Waals surface area contributed by atoms with E-state index in [9.17, 15) is 0 Å². The molecule has 0 heterocycles. The van der Waals surface area contributed by atoms with Gasteiger partial charge in [-0.3, -0.25) is 0 Å². The van der Waals surface area contributed by atoms with Crippen LogP contribution in [0.25, 0.3) is 0 Å². The van der Waals surface area contributed by atoms with Crippen molar-refractivity contribution in [2.75, 3.05) is 18.5 Å². The molecule has 0 atom stereocenters. The Kier molecular flexibility index (Phi) is 6.99. The van der Waals surface area contributed by atoms with Crippen LogP contribution < -0.4 is 14.8 Å². The fourth-order valence-electron chi connectivity index (χ4n) is 2.04. The molecule has 122 valence electrons. The van der Waals surface area contributed by atoms with Crippen molar-refractivity contribution in [2.24, 2.45) is 0 Å². The highest BCUT2D eigenvalue weighted by Crippen LogP contribution is 2.37. The van der Waals surface area contributed by atoms with Gasteiger partial charge in [0, 0.05) is 16.7 Å². The Labute approximate surface area is 154 Å². The van der Waals surface area contributed by atoms with Crippen molar-refractivity contribution >= 4 is 37.5 Å². The van der Waals surface area contributed by atoms with Crippen LogP contribution >= 0.6 is 31.9 Å². The first-order valence-corrected chi connectivity index (χ1v) is 8.91. The van der Waals surface area contributed by atoms with E-state index in [1.165, 1.54) is 0 Å². The van der Waals surface area contributed by atoms with Gasteiger partial charge in [-0.15, -0.1) is 0 Å². The van der Waals surface area contributed by atoms with E-state index in [0.29, 0.717) is 25.5 Å². The molecule has 2 aromatic carbocycles. The van der Waals surface area contributed by atoms with Gasteiger partial charge in [-0.25, -0.2) is 0 Å². The molecule has 0 saturated carbocycles. The van der Waals surface area contributed by atoms with E-state index in [0.717, 1.165) is 25.9 Å². The summed E-state index contributed by atoms with van der Waals surface area (Å²) < 4.78 is 13.3. The molecular weight excluding hydrogens is 422 g/mol. The van der Waals surface area contributed by atoms with E-state index in [4.69, 9.17) is 9.47 Å². The first-order valence-electron chi connectivity index (χ1n) is 7.32. The molecule has 0 bridgehead atoms. The second kappa shape index (κ2) is 8.99. The minimum absolute atomic E-state index is 0.440. The van der Waals surface area contributed by atoms with Crippen molar-refractivity contribution in [1.82, 2.24) is 0 Å². The van der Waals surface area contributed by atoms with Crippen molar-refractivity contribution in [3.05, 3.63) is 63.6 Å². The number of ether oxygens (including phenoxy) is 2. The summed E-state index contributed by atoms with van der Waals surface area (Å²) in [6.45, 7) is 7.35. The van der Waals surface area contributed by atoms with Gasteiger partial charge in [-0.1, -0.05) is 28.6 Å². The molecule has 0 aliphatic rings. The molecule has 3 nitrogen and oxygen atoms in total. The first kappa shape index (κ1) is 17.9. The van der Waals surface area contributed by atoms with Gasteiger partial charge in [0.1, 0.15) is 6.61 Å². The van der Waals surface area contributed by atoms with E-state index in [1.54, 1.807) is 6.08 Å². The van der Waals surface area contributed by atoms with Crippen LogP contribution in [0.2, 0.25) is 0 Å². The number of halogens is 2. The summed E-state index contributed by atoms with van der Waals surface area (Å²) in [5.41, 5.74) is 2.17. The van der Waals surface area contributed by atoms with Gasteiger partial charge < -0.3 is 14.8 Å². The lowest BCUT2D eigenvalue weighted by atomic mass is 10.2. The lowest BCUT2D eigenvalue weighted by Gasteiger charge is -2.15. The van der Waals surface area contributed by atoms with Crippen molar-refractivity contribution < 1.29 is 9.47 Å². The molecule has 0 unspecified atom stereocenters. The lowest BCUT2D eigenvalue weighted by molar-refractivity contribution is 0.295. The maximum Gasteiger partial charge on any atom is 0.175 e. The molecule has 5 heteroatoms. The molecule has 0 spiro atoms. The highest BCUT2D eigenvalue weighted by atomic mass is 79.9. The summed E-state index contributed by atoms with van der Waals surface area (Å²) in [6, 6.07) is 12.1. The summed E-state index contributed by atoms with van der Waals surface area (Å²) in [5, 5.41) is 3.39. The Morgan fingerprint density at radius 3 is 2.52 bits per heavy atom. The Morgan fingerprint density at radius 1 is 1.13 bits per heavy atom. The number of nitrogens with one attached hydrogen (secondary N) is 1. The Morgan fingerprint density at radius 2 is 1.87 bits per heavy atom. The topological polar surface area (TPSA) is 30.5 Å². The maximum absolute atomic E-state index is 5.70. The molecule has 2 aromatic rings. The largest absolute Gasteiger partial charge is 0.490 e. The summed E-state index contributed by atoms with van der Waals surface area (Å²) in [5.74, 6) is 1.44. The van der Waals surface area contributed by atoms with Crippen LogP contribution in [0.4, 0.5) is 5.69 Å². The molecule has 0 aliphatic carbocycles. The summed E-state index contributed by atoms with van der Waals surface area (Å²) in [7, 11) is 0. The zero-order chi connectivity index (χ0) is 16.7. The smallest absolute Gasteiger partial charge is 0.175 e. The zero-order valence-corrected chi connectivity index (χ0v) is 16.1. The summed E-state index contributed by atoms with van der Waals surface area (Å²) in [4.78, 5) is 0. The van der Waals surface area contributed by atoms with Crippen LogP contribution in [-0.4, -0.2) is 13.2 Å². The predicted octanol–water partition coefficient (Wildman–Crippen LogP) is 5.79. The molecular formula is C18H19Br2NO2. The molecule has 23 heavy (non-hydrogen) atoms. The Bertz CT molecular complexity index is 657. The number of benzene rings is 2. The molecule has 0 amide bonds. The van der Waals surface area contributed by atoms with Gasteiger partial charge in [-0.2, -0.15) is 0 Å². The van der Waals surface area contributed by atoms with E-state index in [2.05, 4.69) is 43.8 Å². The monoisotopic (exact) mass is 439 g/mol. The molecule has 0 fully saturated rings. The van der Waals surface area contributed by atoms with Crippen molar-refractivity contribution in [1.29, 1.82) is 0 Å². The van der Waals surface area contributed by atoms with Crippen LogP contribution in [0.15, 0.2) is 58.0 Å². The third kappa shape index (κ3) is 5.29. The Balaban J connectivity index is 2.15. The average molecular weight is 441 g/mol. The third-order valence-electron chi connectivity index (χ3n) is 3.06. The van der Waals surface area contributed by atoms with Crippen molar-refractivity contribution in [3.8, 4) is 11.5 Å². The quantitative estimate of drug-likeness (QED) is 0.527. The lowest BCUT2D eigenvalue weighted by Crippen LogP contribution is -2.03. The maximum atomic E-state index is 5.70. The second-order valence-electron chi connectivity index (χ2n) is 4.80. The van der Waals surface area contributed by atoms with E-state index >= 15 is 0 Å².